The van der Waals surface area contributed by atoms with Gasteiger partial charge in [-0.2, -0.15) is 5.26 Å². The highest BCUT2D eigenvalue weighted by Crippen LogP contribution is 2.06. The van der Waals surface area contributed by atoms with Gasteiger partial charge in [-0.25, -0.2) is 0 Å². The van der Waals surface area contributed by atoms with Gasteiger partial charge in [-0.3, -0.25) is 9.69 Å². The summed E-state index contributed by atoms with van der Waals surface area (Å²) in [5, 5.41) is 12.2. The maximum atomic E-state index is 12.1. The van der Waals surface area contributed by atoms with Crippen molar-refractivity contribution < 1.29 is 9.21 Å². The summed E-state index contributed by atoms with van der Waals surface area (Å²) in [6, 6.07) is 5.63. The molecule has 0 aliphatic carbocycles. The van der Waals surface area contributed by atoms with Gasteiger partial charge in [0.1, 0.15) is 11.8 Å². The highest BCUT2D eigenvalue weighted by molar-refractivity contribution is 5.78. The number of hydrogen-bond acceptors (Lipinski definition) is 5. The summed E-state index contributed by atoms with van der Waals surface area (Å²) in [6.07, 6.45) is 1.59. The Morgan fingerprint density at radius 2 is 2.58 bits per heavy atom. The molecular formula is C13H18N4O2. The quantitative estimate of drug-likeness (QED) is 0.829. The summed E-state index contributed by atoms with van der Waals surface area (Å²) in [6.45, 7) is 2.88. The van der Waals surface area contributed by atoms with E-state index in [9.17, 15) is 4.79 Å². The predicted molar refractivity (Wildman–Crippen MR) is 69.0 cm³/mol. The number of nitriles is 1. The molecule has 1 atom stereocenters. The molecule has 2 rings (SSSR count). The van der Waals surface area contributed by atoms with E-state index in [1.165, 1.54) is 0 Å². The summed E-state index contributed by atoms with van der Waals surface area (Å²) in [5.41, 5.74) is 0. The molecule has 0 saturated carbocycles. The molecule has 1 aliphatic rings. The SMILES string of the molecule is CN(Cc1ccco1)C(=O)CN1CCNCC1C#N. The second kappa shape index (κ2) is 6.36. The molecule has 0 bridgehead atoms. The van der Waals surface area contributed by atoms with Crippen LogP contribution in [0.25, 0.3) is 0 Å². The standard InChI is InChI=1S/C13H18N4O2/c1-16(9-12-3-2-6-19-12)13(18)10-17-5-4-15-8-11(17)7-14/h2-3,6,11,15H,4-5,8-10H2,1H3. The molecule has 1 saturated heterocycles. The van der Waals surface area contributed by atoms with E-state index in [1.807, 2.05) is 11.0 Å². The lowest BCUT2D eigenvalue weighted by molar-refractivity contribution is -0.132. The lowest BCUT2D eigenvalue weighted by Crippen LogP contribution is -2.53. The summed E-state index contributed by atoms with van der Waals surface area (Å²) in [7, 11) is 1.74. The zero-order valence-corrected chi connectivity index (χ0v) is 11.0. The van der Waals surface area contributed by atoms with E-state index in [4.69, 9.17) is 9.68 Å². The van der Waals surface area contributed by atoms with Crippen LogP contribution in [0.3, 0.4) is 0 Å². The van der Waals surface area contributed by atoms with E-state index in [0.29, 0.717) is 13.1 Å². The van der Waals surface area contributed by atoms with Crippen LogP contribution < -0.4 is 5.32 Å². The number of likely N-dealkylation sites (N-methyl/N-ethyl adjacent to an activating group) is 1. The molecule has 1 aromatic heterocycles. The molecule has 6 heteroatoms. The van der Waals surface area contributed by atoms with Crippen LogP contribution in [0.4, 0.5) is 0 Å². The maximum absolute atomic E-state index is 12.1. The van der Waals surface area contributed by atoms with E-state index < -0.39 is 0 Å². The van der Waals surface area contributed by atoms with Crippen molar-refractivity contribution in [2.45, 2.75) is 12.6 Å². The first-order chi connectivity index (χ1) is 9.20. The number of carbonyl (C=O) groups is 1. The van der Waals surface area contributed by atoms with Crippen LogP contribution in [-0.2, 0) is 11.3 Å². The Bertz CT molecular complexity index is 452. The van der Waals surface area contributed by atoms with Gasteiger partial charge < -0.3 is 14.6 Å². The van der Waals surface area contributed by atoms with Gasteiger partial charge in [-0.1, -0.05) is 0 Å². The molecule has 1 fully saturated rings. The largest absolute Gasteiger partial charge is 0.467 e. The van der Waals surface area contributed by atoms with Gasteiger partial charge in [0, 0.05) is 26.7 Å². The number of nitrogens with one attached hydrogen (secondary N) is 1. The topological polar surface area (TPSA) is 72.5 Å². The molecular weight excluding hydrogens is 244 g/mol. The zero-order valence-electron chi connectivity index (χ0n) is 11.0. The molecule has 1 aliphatic heterocycles. The second-order valence-corrected chi connectivity index (χ2v) is 4.65. The minimum absolute atomic E-state index is 0.00134. The van der Waals surface area contributed by atoms with Crippen molar-refractivity contribution >= 4 is 5.91 Å². The third-order valence-electron chi connectivity index (χ3n) is 3.24. The smallest absolute Gasteiger partial charge is 0.236 e. The van der Waals surface area contributed by atoms with Crippen LogP contribution in [0.1, 0.15) is 5.76 Å². The first-order valence-electron chi connectivity index (χ1n) is 6.31. The fraction of sp³-hybridized carbons (Fsp3) is 0.538. The molecule has 0 aromatic carbocycles. The molecule has 1 N–H and O–H groups in total. The number of nitrogens with zero attached hydrogens (tertiary/aromatic N) is 3. The van der Waals surface area contributed by atoms with Gasteiger partial charge >= 0.3 is 0 Å². The molecule has 1 unspecified atom stereocenters. The second-order valence-electron chi connectivity index (χ2n) is 4.65. The van der Waals surface area contributed by atoms with E-state index in [1.54, 1.807) is 24.3 Å². The van der Waals surface area contributed by atoms with E-state index >= 15 is 0 Å². The highest BCUT2D eigenvalue weighted by Gasteiger charge is 2.25. The number of hydrogen-bond donors (Lipinski definition) is 1. The Labute approximate surface area is 112 Å². The fourth-order valence-corrected chi connectivity index (χ4v) is 2.08. The lowest BCUT2D eigenvalue weighted by atomic mass is 10.2. The van der Waals surface area contributed by atoms with E-state index in [2.05, 4.69) is 11.4 Å². The maximum Gasteiger partial charge on any atom is 0.236 e. The molecule has 6 nitrogen and oxygen atoms in total. The first-order valence-corrected chi connectivity index (χ1v) is 6.31. The molecule has 1 amide bonds. The van der Waals surface area contributed by atoms with Gasteiger partial charge in [0.25, 0.3) is 0 Å². The lowest BCUT2D eigenvalue weighted by Gasteiger charge is -2.32. The molecule has 0 radical (unpaired) electrons. The van der Waals surface area contributed by atoms with Crippen LogP contribution in [0.15, 0.2) is 22.8 Å². The van der Waals surface area contributed by atoms with E-state index in [0.717, 1.165) is 18.8 Å². The Morgan fingerprint density at radius 3 is 3.26 bits per heavy atom. The Kier molecular flexibility index (Phi) is 4.55. The highest BCUT2D eigenvalue weighted by atomic mass is 16.3. The summed E-state index contributed by atoms with van der Waals surface area (Å²) in [4.78, 5) is 15.6. The summed E-state index contributed by atoms with van der Waals surface area (Å²) in [5.74, 6) is 0.756. The van der Waals surface area contributed by atoms with Gasteiger partial charge in [-0.05, 0) is 12.1 Å². The van der Waals surface area contributed by atoms with Crippen LogP contribution in [0.5, 0.6) is 0 Å². The fourth-order valence-electron chi connectivity index (χ4n) is 2.08. The molecule has 2 heterocycles. The number of furan rings is 1. The number of piperazine rings is 1. The van der Waals surface area contributed by atoms with Crippen molar-refractivity contribution in [1.82, 2.24) is 15.1 Å². The Hall–Kier alpha value is -1.84. The van der Waals surface area contributed by atoms with E-state index in [-0.39, 0.29) is 18.5 Å². The summed E-state index contributed by atoms with van der Waals surface area (Å²) >= 11 is 0. The predicted octanol–water partition coefficient (Wildman–Crippen LogP) is 0.0354. The third-order valence-corrected chi connectivity index (χ3v) is 3.24. The summed E-state index contributed by atoms with van der Waals surface area (Å²) < 4.78 is 5.22. The van der Waals surface area contributed by atoms with Gasteiger partial charge in [0.05, 0.1) is 25.4 Å². The minimum Gasteiger partial charge on any atom is -0.467 e. The van der Waals surface area contributed by atoms with Crippen LogP contribution in [-0.4, -0.2) is 55.0 Å². The number of amides is 1. The third kappa shape index (κ3) is 3.56. The van der Waals surface area contributed by atoms with Crippen molar-refractivity contribution in [3.8, 4) is 6.07 Å². The Balaban J connectivity index is 1.87. The number of carbonyl (C=O) groups excluding carboxylic acids is 1. The minimum atomic E-state index is -0.227. The van der Waals surface area contributed by atoms with Crippen molar-refractivity contribution in [2.75, 3.05) is 33.2 Å². The molecule has 102 valence electrons. The monoisotopic (exact) mass is 262 g/mol. The molecule has 1 aromatic rings. The average molecular weight is 262 g/mol. The van der Waals surface area contributed by atoms with Gasteiger partial charge in [-0.15, -0.1) is 0 Å². The molecule has 0 spiro atoms. The molecule has 19 heavy (non-hydrogen) atoms. The Morgan fingerprint density at radius 1 is 1.74 bits per heavy atom. The van der Waals surface area contributed by atoms with Crippen molar-refractivity contribution in [2.24, 2.45) is 0 Å². The normalized spacial score (nSPS) is 19.9. The number of rotatable bonds is 4. The van der Waals surface area contributed by atoms with Crippen LogP contribution in [0.2, 0.25) is 0 Å². The van der Waals surface area contributed by atoms with Crippen molar-refractivity contribution in [3.05, 3.63) is 24.2 Å². The average Bonchev–Trinajstić information content (AvgIpc) is 2.92. The van der Waals surface area contributed by atoms with Crippen LogP contribution >= 0.6 is 0 Å². The van der Waals surface area contributed by atoms with Gasteiger partial charge in [0.2, 0.25) is 5.91 Å². The van der Waals surface area contributed by atoms with Crippen molar-refractivity contribution in [1.29, 1.82) is 5.26 Å². The van der Waals surface area contributed by atoms with Crippen LogP contribution in [0, 0.1) is 11.3 Å². The van der Waals surface area contributed by atoms with Crippen molar-refractivity contribution in [3.63, 3.8) is 0 Å². The first kappa shape index (κ1) is 13.6. The van der Waals surface area contributed by atoms with Gasteiger partial charge in [0.15, 0.2) is 0 Å². The zero-order chi connectivity index (χ0) is 13.7.